The summed E-state index contributed by atoms with van der Waals surface area (Å²) >= 11 is 6.71. The van der Waals surface area contributed by atoms with Gasteiger partial charge in [-0.05, 0) is 50.1 Å². The summed E-state index contributed by atoms with van der Waals surface area (Å²) in [6.45, 7) is 0. The Kier molecular flexibility index (Phi) is 2.36. The summed E-state index contributed by atoms with van der Waals surface area (Å²) in [4.78, 5) is 10.7. The van der Waals surface area contributed by atoms with Crippen LogP contribution in [0.15, 0.2) is 33.5 Å². The van der Waals surface area contributed by atoms with Crippen LogP contribution in [-0.2, 0) is 0 Å². The average Bonchev–Trinajstić information content (AvgIpc) is 2.56. The lowest BCUT2D eigenvalue weighted by Crippen LogP contribution is -1.92. The lowest BCUT2D eigenvalue weighted by molar-refractivity contribution is 0.0697. The van der Waals surface area contributed by atoms with Gasteiger partial charge in [0.25, 0.3) is 0 Å². The second-order valence-corrected chi connectivity index (χ2v) is 4.41. The number of hydrogen-bond acceptors (Lipinski definition) is 1. The van der Waals surface area contributed by atoms with Gasteiger partial charge >= 0.3 is 5.97 Å². The van der Waals surface area contributed by atoms with Crippen molar-refractivity contribution in [1.82, 2.24) is 4.40 Å². The van der Waals surface area contributed by atoms with E-state index in [4.69, 9.17) is 5.11 Å². The quantitative estimate of drug-likeness (QED) is 0.821. The summed E-state index contributed by atoms with van der Waals surface area (Å²) in [5, 5.41) is 8.81. The maximum atomic E-state index is 10.7. The van der Waals surface area contributed by atoms with E-state index in [1.165, 1.54) is 0 Å². The lowest BCUT2D eigenvalue weighted by Gasteiger charge is -1.99. The second kappa shape index (κ2) is 3.40. The van der Waals surface area contributed by atoms with Crippen LogP contribution in [0.5, 0.6) is 0 Å². The predicted octanol–water partition coefficient (Wildman–Crippen LogP) is 3.16. The highest BCUT2D eigenvalue weighted by molar-refractivity contribution is 9.13. The highest BCUT2D eigenvalue weighted by Gasteiger charge is 2.09. The van der Waals surface area contributed by atoms with Gasteiger partial charge < -0.3 is 9.51 Å². The van der Waals surface area contributed by atoms with Crippen LogP contribution in [0.4, 0.5) is 0 Å². The lowest BCUT2D eigenvalue weighted by atomic mass is 10.3. The zero-order chi connectivity index (χ0) is 10.3. The maximum Gasteiger partial charge on any atom is 0.337 e. The first-order chi connectivity index (χ1) is 6.59. The van der Waals surface area contributed by atoms with Gasteiger partial charge in [-0.15, -0.1) is 0 Å². The Balaban J connectivity index is 2.77. The van der Waals surface area contributed by atoms with Crippen molar-refractivity contribution in [2.24, 2.45) is 0 Å². The van der Waals surface area contributed by atoms with E-state index < -0.39 is 5.97 Å². The molecule has 0 aromatic carbocycles. The Morgan fingerprint density at radius 1 is 1.36 bits per heavy atom. The van der Waals surface area contributed by atoms with Crippen LogP contribution < -0.4 is 0 Å². The van der Waals surface area contributed by atoms with Gasteiger partial charge in [-0.25, -0.2) is 4.79 Å². The van der Waals surface area contributed by atoms with Crippen molar-refractivity contribution in [2.45, 2.75) is 0 Å². The van der Waals surface area contributed by atoms with E-state index in [0.717, 1.165) is 14.6 Å². The Morgan fingerprint density at radius 2 is 2.07 bits per heavy atom. The maximum absolute atomic E-state index is 10.7. The largest absolute Gasteiger partial charge is 0.478 e. The molecule has 14 heavy (non-hydrogen) atoms. The number of rotatable bonds is 1. The molecule has 0 atom stereocenters. The predicted molar refractivity (Wildman–Crippen MR) is 59.8 cm³/mol. The molecule has 2 aromatic heterocycles. The summed E-state index contributed by atoms with van der Waals surface area (Å²) in [6, 6.07) is 5.34. The Labute approximate surface area is 96.6 Å². The molecule has 2 heterocycles. The number of carboxylic acids is 1. The molecule has 5 heteroatoms. The van der Waals surface area contributed by atoms with Crippen LogP contribution in [0.3, 0.4) is 0 Å². The van der Waals surface area contributed by atoms with Gasteiger partial charge in [0.2, 0.25) is 0 Å². The fourth-order valence-electron chi connectivity index (χ4n) is 1.24. The third-order valence-corrected chi connectivity index (χ3v) is 3.89. The molecule has 0 aliphatic carbocycles. The summed E-state index contributed by atoms with van der Waals surface area (Å²) in [7, 11) is 0. The zero-order valence-corrected chi connectivity index (χ0v) is 10.0. The van der Waals surface area contributed by atoms with Gasteiger partial charge in [0, 0.05) is 16.2 Å². The molecule has 1 N–H and O–H groups in total. The minimum atomic E-state index is -0.920. The monoisotopic (exact) mass is 317 g/mol. The van der Waals surface area contributed by atoms with E-state index in [0.29, 0.717) is 0 Å². The van der Waals surface area contributed by atoms with E-state index in [9.17, 15) is 4.79 Å². The number of aromatic carboxylic acids is 1. The molecule has 0 unspecified atom stereocenters. The minimum Gasteiger partial charge on any atom is -0.478 e. The van der Waals surface area contributed by atoms with E-state index in [1.807, 2.05) is 12.1 Å². The molecule has 0 amide bonds. The van der Waals surface area contributed by atoms with Crippen LogP contribution >= 0.6 is 31.9 Å². The molecule has 0 saturated heterocycles. The summed E-state index contributed by atoms with van der Waals surface area (Å²) in [5.41, 5.74) is 1.13. The number of pyridine rings is 1. The smallest absolute Gasteiger partial charge is 0.337 e. The number of carbonyl (C=O) groups is 1. The topological polar surface area (TPSA) is 41.7 Å². The van der Waals surface area contributed by atoms with Crippen LogP contribution in [0, 0.1) is 0 Å². The van der Waals surface area contributed by atoms with Crippen molar-refractivity contribution >= 4 is 43.3 Å². The normalized spacial score (nSPS) is 10.7. The van der Waals surface area contributed by atoms with Crippen molar-refractivity contribution in [2.75, 3.05) is 0 Å². The van der Waals surface area contributed by atoms with Gasteiger partial charge in [0.05, 0.1) is 5.56 Å². The fraction of sp³-hybridized carbons (Fsp3) is 0. The first-order valence-corrected chi connectivity index (χ1v) is 5.37. The molecular formula is C9H5Br2NO2. The number of halogens is 2. The Hall–Kier alpha value is -0.810. The summed E-state index contributed by atoms with van der Waals surface area (Å²) in [6.07, 6.45) is 1.58. The average molecular weight is 319 g/mol. The number of nitrogens with zero attached hydrogens (tertiary/aromatic N) is 1. The van der Waals surface area contributed by atoms with Gasteiger partial charge in [-0.1, -0.05) is 0 Å². The zero-order valence-electron chi connectivity index (χ0n) is 6.87. The molecule has 0 saturated carbocycles. The molecule has 3 nitrogen and oxygen atoms in total. The van der Waals surface area contributed by atoms with Crippen LogP contribution in [0.2, 0.25) is 0 Å². The Bertz CT molecular complexity index is 519. The standard InChI is InChI=1S/C9H5Br2NO2/c10-7-2-1-6-3-5(9(13)14)4-12(6)8(7)11/h1-4H,(H,13,14). The van der Waals surface area contributed by atoms with Crippen molar-refractivity contribution in [1.29, 1.82) is 0 Å². The van der Waals surface area contributed by atoms with Crippen molar-refractivity contribution in [3.63, 3.8) is 0 Å². The van der Waals surface area contributed by atoms with Gasteiger partial charge in [-0.3, -0.25) is 0 Å². The fourth-order valence-corrected chi connectivity index (χ4v) is 2.00. The molecule has 0 bridgehead atoms. The van der Waals surface area contributed by atoms with Crippen molar-refractivity contribution in [3.8, 4) is 0 Å². The van der Waals surface area contributed by atoms with Gasteiger partial charge in [0.15, 0.2) is 0 Å². The Morgan fingerprint density at radius 3 is 2.71 bits per heavy atom. The molecular weight excluding hydrogens is 314 g/mol. The van der Waals surface area contributed by atoms with E-state index >= 15 is 0 Å². The van der Waals surface area contributed by atoms with Crippen LogP contribution in [0.1, 0.15) is 10.4 Å². The van der Waals surface area contributed by atoms with Crippen molar-refractivity contribution in [3.05, 3.63) is 39.0 Å². The molecule has 2 aromatic rings. The first kappa shape index (κ1) is 9.73. The molecule has 0 radical (unpaired) electrons. The third-order valence-electron chi connectivity index (χ3n) is 1.91. The SMILES string of the molecule is O=C(O)c1cc2ccc(Br)c(Br)n2c1. The van der Waals surface area contributed by atoms with E-state index in [1.54, 1.807) is 16.7 Å². The van der Waals surface area contributed by atoms with Crippen LogP contribution in [-0.4, -0.2) is 15.5 Å². The summed E-state index contributed by atoms with van der Waals surface area (Å²) in [5.74, 6) is -0.920. The van der Waals surface area contributed by atoms with E-state index in [-0.39, 0.29) is 5.56 Å². The van der Waals surface area contributed by atoms with E-state index in [2.05, 4.69) is 31.9 Å². The molecule has 72 valence electrons. The summed E-state index contributed by atoms with van der Waals surface area (Å²) < 4.78 is 3.47. The number of carboxylic acid groups (broad SMARTS) is 1. The van der Waals surface area contributed by atoms with Gasteiger partial charge in [-0.2, -0.15) is 0 Å². The molecule has 0 spiro atoms. The third kappa shape index (κ3) is 1.46. The highest BCUT2D eigenvalue weighted by Crippen LogP contribution is 2.25. The molecule has 0 fully saturated rings. The van der Waals surface area contributed by atoms with Crippen LogP contribution in [0.25, 0.3) is 5.52 Å². The number of hydrogen-bond donors (Lipinski definition) is 1. The molecule has 2 rings (SSSR count). The minimum absolute atomic E-state index is 0.281. The molecule has 0 aliphatic heterocycles. The van der Waals surface area contributed by atoms with Gasteiger partial charge in [0.1, 0.15) is 4.60 Å². The first-order valence-electron chi connectivity index (χ1n) is 3.79. The second-order valence-electron chi connectivity index (χ2n) is 2.80. The van der Waals surface area contributed by atoms with Crippen molar-refractivity contribution < 1.29 is 9.90 Å². The highest BCUT2D eigenvalue weighted by atomic mass is 79.9. The molecule has 0 aliphatic rings. The number of aromatic nitrogens is 1. The number of fused-ring (bicyclic) bond motifs is 1.